The van der Waals surface area contributed by atoms with Crippen LogP contribution in [-0.2, 0) is 9.47 Å². The molecular formula is C14H29N3O2S. The second-order valence-electron chi connectivity index (χ2n) is 4.97. The summed E-state index contributed by atoms with van der Waals surface area (Å²) in [5.74, 6) is 0.906. The average Bonchev–Trinajstić information content (AvgIpc) is 2.50. The molecule has 1 aliphatic heterocycles. The van der Waals surface area contributed by atoms with Gasteiger partial charge in [-0.3, -0.25) is 4.99 Å². The molecule has 118 valence electrons. The highest BCUT2D eigenvalue weighted by Crippen LogP contribution is 2.33. The fourth-order valence-electron chi connectivity index (χ4n) is 2.16. The minimum atomic E-state index is 0.243. The lowest BCUT2D eigenvalue weighted by Gasteiger charge is -2.34. The van der Waals surface area contributed by atoms with Gasteiger partial charge in [0.1, 0.15) is 0 Å². The molecule has 1 rings (SSSR count). The Hall–Kier alpha value is -0.460. The molecule has 2 N–H and O–H groups in total. The van der Waals surface area contributed by atoms with Gasteiger partial charge >= 0.3 is 0 Å². The van der Waals surface area contributed by atoms with Gasteiger partial charge in [-0.1, -0.05) is 0 Å². The molecule has 0 aliphatic carbocycles. The van der Waals surface area contributed by atoms with Crippen molar-refractivity contribution in [1.82, 2.24) is 10.6 Å². The van der Waals surface area contributed by atoms with Crippen molar-refractivity contribution < 1.29 is 9.47 Å². The van der Waals surface area contributed by atoms with Crippen LogP contribution in [0.15, 0.2) is 4.99 Å². The maximum atomic E-state index is 5.47. The van der Waals surface area contributed by atoms with E-state index in [9.17, 15) is 0 Å². The topological polar surface area (TPSA) is 54.9 Å². The van der Waals surface area contributed by atoms with Crippen LogP contribution in [0.3, 0.4) is 0 Å². The molecule has 0 atom stereocenters. The van der Waals surface area contributed by atoms with E-state index < -0.39 is 0 Å². The minimum absolute atomic E-state index is 0.243. The van der Waals surface area contributed by atoms with Crippen molar-refractivity contribution >= 4 is 17.7 Å². The van der Waals surface area contributed by atoms with E-state index in [4.69, 9.17) is 14.5 Å². The van der Waals surface area contributed by atoms with E-state index >= 15 is 0 Å². The Kier molecular flexibility index (Phi) is 9.05. The molecule has 0 amide bonds. The third-order valence-electron chi connectivity index (χ3n) is 3.52. The van der Waals surface area contributed by atoms with E-state index in [1.165, 1.54) is 0 Å². The van der Waals surface area contributed by atoms with E-state index in [2.05, 4.69) is 23.8 Å². The highest BCUT2D eigenvalue weighted by molar-refractivity contribution is 8.00. The van der Waals surface area contributed by atoms with Crippen LogP contribution in [0.25, 0.3) is 0 Å². The van der Waals surface area contributed by atoms with Gasteiger partial charge in [-0.2, -0.15) is 11.8 Å². The summed E-state index contributed by atoms with van der Waals surface area (Å²) in [6, 6.07) is 0. The molecule has 0 unspecified atom stereocenters. The van der Waals surface area contributed by atoms with Gasteiger partial charge in [0.25, 0.3) is 0 Å². The molecule has 1 heterocycles. The van der Waals surface area contributed by atoms with Gasteiger partial charge < -0.3 is 20.1 Å². The van der Waals surface area contributed by atoms with E-state index in [1.54, 1.807) is 7.11 Å². The lowest BCUT2D eigenvalue weighted by molar-refractivity contribution is 0.0794. The number of ether oxygens (including phenoxy) is 2. The van der Waals surface area contributed by atoms with E-state index in [1.807, 2.05) is 11.8 Å². The SMILES string of the molecule is CCNC(=NCC1(SC)CCOCC1)NCCCOC. The molecule has 0 radical (unpaired) electrons. The highest BCUT2D eigenvalue weighted by Gasteiger charge is 2.31. The molecule has 0 aromatic carbocycles. The first-order valence-electron chi connectivity index (χ1n) is 7.40. The molecule has 0 spiro atoms. The Labute approximate surface area is 127 Å². The second kappa shape index (κ2) is 10.3. The number of nitrogens with zero attached hydrogens (tertiary/aromatic N) is 1. The van der Waals surface area contributed by atoms with Gasteiger partial charge in [-0.15, -0.1) is 0 Å². The maximum absolute atomic E-state index is 5.47. The first kappa shape index (κ1) is 17.6. The van der Waals surface area contributed by atoms with Crippen molar-refractivity contribution in [3.63, 3.8) is 0 Å². The monoisotopic (exact) mass is 303 g/mol. The van der Waals surface area contributed by atoms with Gasteiger partial charge in [0.2, 0.25) is 0 Å². The van der Waals surface area contributed by atoms with Crippen molar-refractivity contribution in [2.75, 3.05) is 52.8 Å². The Morgan fingerprint density at radius 3 is 2.70 bits per heavy atom. The van der Waals surface area contributed by atoms with E-state index in [0.717, 1.165) is 64.7 Å². The van der Waals surface area contributed by atoms with Crippen molar-refractivity contribution in [3.8, 4) is 0 Å². The van der Waals surface area contributed by atoms with Gasteiger partial charge in [-0.25, -0.2) is 0 Å². The molecule has 6 heteroatoms. The number of nitrogens with one attached hydrogen (secondary N) is 2. The minimum Gasteiger partial charge on any atom is -0.385 e. The van der Waals surface area contributed by atoms with Crippen molar-refractivity contribution in [2.45, 2.75) is 30.9 Å². The molecule has 1 aliphatic rings. The third-order valence-corrected chi connectivity index (χ3v) is 4.93. The van der Waals surface area contributed by atoms with Gasteiger partial charge in [0.15, 0.2) is 5.96 Å². The number of thioether (sulfide) groups is 1. The Morgan fingerprint density at radius 2 is 2.10 bits per heavy atom. The fraction of sp³-hybridized carbons (Fsp3) is 0.929. The van der Waals surface area contributed by atoms with E-state index in [-0.39, 0.29) is 4.75 Å². The largest absolute Gasteiger partial charge is 0.385 e. The highest BCUT2D eigenvalue weighted by atomic mass is 32.2. The molecule has 0 saturated carbocycles. The lowest BCUT2D eigenvalue weighted by Crippen LogP contribution is -2.41. The second-order valence-corrected chi connectivity index (χ2v) is 6.24. The number of rotatable bonds is 8. The van der Waals surface area contributed by atoms with Crippen LogP contribution in [0.5, 0.6) is 0 Å². The standard InChI is InChI=1S/C14H29N3O2S/c1-4-15-13(16-8-5-9-18-2)17-12-14(20-3)6-10-19-11-7-14/h4-12H2,1-3H3,(H2,15,16,17). The fourth-order valence-corrected chi connectivity index (χ4v) is 2.93. The number of guanidine groups is 1. The molecule has 0 bridgehead atoms. The van der Waals surface area contributed by atoms with Gasteiger partial charge in [0, 0.05) is 44.8 Å². The average molecular weight is 303 g/mol. The smallest absolute Gasteiger partial charge is 0.191 e. The van der Waals surface area contributed by atoms with Crippen LogP contribution >= 0.6 is 11.8 Å². The number of methoxy groups -OCH3 is 1. The van der Waals surface area contributed by atoms with Crippen LogP contribution in [0, 0.1) is 0 Å². The molecular weight excluding hydrogens is 274 g/mol. The molecule has 20 heavy (non-hydrogen) atoms. The van der Waals surface area contributed by atoms with Crippen molar-refractivity contribution in [1.29, 1.82) is 0 Å². The van der Waals surface area contributed by atoms with Crippen molar-refractivity contribution in [3.05, 3.63) is 0 Å². The quantitative estimate of drug-likeness (QED) is 0.404. The first-order chi connectivity index (χ1) is 9.76. The summed E-state index contributed by atoms with van der Waals surface area (Å²) < 4.78 is 10.8. The van der Waals surface area contributed by atoms with Crippen molar-refractivity contribution in [2.24, 2.45) is 4.99 Å². The number of hydrogen-bond donors (Lipinski definition) is 2. The molecule has 1 saturated heterocycles. The van der Waals surface area contributed by atoms with Gasteiger partial charge in [-0.05, 0) is 32.4 Å². The zero-order valence-electron chi connectivity index (χ0n) is 13.0. The Balaban J connectivity index is 2.46. The number of aliphatic imine (C=N–C) groups is 1. The van der Waals surface area contributed by atoms with Crippen LogP contribution in [0.4, 0.5) is 0 Å². The molecule has 5 nitrogen and oxygen atoms in total. The summed E-state index contributed by atoms with van der Waals surface area (Å²) in [5, 5.41) is 6.65. The summed E-state index contributed by atoms with van der Waals surface area (Å²) in [6.45, 7) is 7.18. The van der Waals surface area contributed by atoms with Crippen LogP contribution in [-0.4, -0.2) is 63.5 Å². The van der Waals surface area contributed by atoms with E-state index in [0.29, 0.717) is 0 Å². The lowest BCUT2D eigenvalue weighted by atomic mass is 9.99. The summed E-state index contributed by atoms with van der Waals surface area (Å²) in [4.78, 5) is 4.76. The summed E-state index contributed by atoms with van der Waals surface area (Å²) >= 11 is 1.92. The molecule has 0 aromatic rings. The molecule has 1 fully saturated rings. The van der Waals surface area contributed by atoms with Crippen LogP contribution in [0.1, 0.15) is 26.2 Å². The predicted molar refractivity (Wildman–Crippen MR) is 86.8 cm³/mol. The maximum Gasteiger partial charge on any atom is 0.191 e. The Morgan fingerprint density at radius 1 is 1.35 bits per heavy atom. The Bertz CT molecular complexity index is 282. The predicted octanol–water partition coefficient (Wildman–Crippen LogP) is 1.49. The van der Waals surface area contributed by atoms with Crippen LogP contribution < -0.4 is 10.6 Å². The summed E-state index contributed by atoms with van der Waals surface area (Å²) in [7, 11) is 1.73. The third kappa shape index (κ3) is 6.33. The summed E-state index contributed by atoms with van der Waals surface area (Å²) in [5.41, 5.74) is 0. The normalized spacial score (nSPS) is 18.9. The first-order valence-corrected chi connectivity index (χ1v) is 8.63. The molecule has 0 aromatic heterocycles. The number of hydrogen-bond acceptors (Lipinski definition) is 4. The zero-order valence-corrected chi connectivity index (χ0v) is 13.9. The summed E-state index contributed by atoms with van der Waals surface area (Å²) in [6.07, 6.45) is 5.34. The zero-order chi connectivity index (χ0) is 14.7. The van der Waals surface area contributed by atoms with Crippen LogP contribution in [0.2, 0.25) is 0 Å². The van der Waals surface area contributed by atoms with Gasteiger partial charge in [0.05, 0.1) is 6.54 Å².